The number of allylic oxidation sites excluding steroid dienone is 1. The first-order chi connectivity index (χ1) is 9.97. The van der Waals surface area contributed by atoms with E-state index in [4.69, 9.17) is 0 Å². The maximum Gasteiger partial charge on any atom is 0.0233 e. The Bertz CT molecular complexity index is 557. The summed E-state index contributed by atoms with van der Waals surface area (Å²) in [6, 6.07) is 9.26. The van der Waals surface area contributed by atoms with Crippen LogP contribution in [0.2, 0.25) is 0 Å². The quantitative estimate of drug-likeness (QED) is 0.824. The first-order valence-electron chi connectivity index (χ1n) is 7.60. The third kappa shape index (κ3) is 4.95. The largest absolute Gasteiger partial charge is 0.310 e. The Kier molecular flexibility index (Phi) is 5.56. The molecule has 21 heavy (non-hydrogen) atoms. The second kappa shape index (κ2) is 7.20. The van der Waals surface area contributed by atoms with Gasteiger partial charge in [0.25, 0.3) is 0 Å². The van der Waals surface area contributed by atoms with E-state index >= 15 is 0 Å². The van der Waals surface area contributed by atoms with E-state index in [9.17, 15) is 0 Å². The third-order valence-electron chi connectivity index (χ3n) is 3.55. The monoisotopic (exact) mass is 299 g/mol. The van der Waals surface area contributed by atoms with Crippen LogP contribution < -0.4 is 5.32 Å². The van der Waals surface area contributed by atoms with E-state index in [2.05, 4.69) is 75.2 Å². The molecule has 0 aromatic heterocycles. The van der Waals surface area contributed by atoms with Crippen molar-refractivity contribution in [2.24, 2.45) is 5.41 Å². The zero-order valence-corrected chi connectivity index (χ0v) is 14.3. The molecule has 0 amide bonds. The van der Waals surface area contributed by atoms with E-state index in [1.807, 2.05) is 17.8 Å². The zero-order chi connectivity index (χ0) is 15.3. The van der Waals surface area contributed by atoms with Crippen molar-refractivity contribution in [2.75, 3.05) is 12.3 Å². The molecule has 2 atom stereocenters. The minimum atomic E-state index is 0.0792. The van der Waals surface area contributed by atoms with Crippen molar-refractivity contribution in [3.8, 4) is 11.8 Å². The summed E-state index contributed by atoms with van der Waals surface area (Å²) in [7, 11) is 0. The van der Waals surface area contributed by atoms with E-state index in [0.29, 0.717) is 12.0 Å². The van der Waals surface area contributed by atoms with Gasteiger partial charge in [-0.3, -0.25) is 0 Å². The van der Waals surface area contributed by atoms with Crippen LogP contribution in [0.1, 0.15) is 39.2 Å². The average Bonchev–Trinajstić information content (AvgIpc) is 2.85. The zero-order valence-electron chi connectivity index (χ0n) is 13.4. The first kappa shape index (κ1) is 16.2. The number of thioether (sulfide) groups is 1. The smallest absolute Gasteiger partial charge is 0.0233 e. The molecule has 1 nitrogen and oxygen atoms in total. The predicted octanol–water partition coefficient (Wildman–Crippen LogP) is 4.46. The fraction of sp³-hybridized carbons (Fsp3) is 0.474. The van der Waals surface area contributed by atoms with Crippen molar-refractivity contribution in [3.05, 3.63) is 42.0 Å². The summed E-state index contributed by atoms with van der Waals surface area (Å²) < 4.78 is 0. The summed E-state index contributed by atoms with van der Waals surface area (Å²) in [4.78, 5) is 1.45. The Balaban J connectivity index is 1.82. The summed E-state index contributed by atoms with van der Waals surface area (Å²) >= 11 is 1.97. The Labute approximate surface area is 133 Å². The van der Waals surface area contributed by atoms with Gasteiger partial charge in [-0.25, -0.2) is 0 Å². The molecule has 0 aliphatic carbocycles. The van der Waals surface area contributed by atoms with Gasteiger partial charge in [0, 0.05) is 34.6 Å². The molecule has 1 unspecified atom stereocenters. The summed E-state index contributed by atoms with van der Waals surface area (Å²) in [5, 5.41) is 3.60. The van der Waals surface area contributed by atoms with Crippen LogP contribution in [0.3, 0.4) is 0 Å². The average molecular weight is 299 g/mol. The topological polar surface area (TPSA) is 12.0 Å². The SMILES string of the molecule is C[C@@H](NC/C=C\C#CC(C)(C)C)C1CSc2ccccc21. The highest BCUT2D eigenvalue weighted by Gasteiger charge is 2.26. The lowest BCUT2D eigenvalue weighted by Gasteiger charge is -2.20. The van der Waals surface area contributed by atoms with Gasteiger partial charge >= 0.3 is 0 Å². The maximum atomic E-state index is 3.60. The van der Waals surface area contributed by atoms with Crippen LogP contribution in [0.4, 0.5) is 0 Å². The highest BCUT2D eigenvalue weighted by atomic mass is 32.2. The number of rotatable bonds is 4. The fourth-order valence-electron chi connectivity index (χ4n) is 2.37. The summed E-state index contributed by atoms with van der Waals surface area (Å²) in [5.41, 5.74) is 1.58. The molecule has 2 rings (SSSR count). The van der Waals surface area contributed by atoms with Crippen molar-refractivity contribution in [3.63, 3.8) is 0 Å². The minimum Gasteiger partial charge on any atom is -0.310 e. The highest BCUT2D eigenvalue weighted by Crippen LogP contribution is 2.40. The normalized spacial score (nSPS) is 19.1. The number of nitrogens with one attached hydrogen (secondary N) is 1. The van der Waals surface area contributed by atoms with Gasteiger partial charge in [0.15, 0.2) is 0 Å². The van der Waals surface area contributed by atoms with Crippen molar-refractivity contribution < 1.29 is 0 Å². The maximum absolute atomic E-state index is 3.60. The molecule has 112 valence electrons. The van der Waals surface area contributed by atoms with E-state index < -0.39 is 0 Å². The van der Waals surface area contributed by atoms with Crippen molar-refractivity contribution >= 4 is 11.8 Å². The van der Waals surface area contributed by atoms with Gasteiger partial charge in [0.05, 0.1) is 0 Å². The molecule has 1 aliphatic rings. The van der Waals surface area contributed by atoms with E-state index in [1.165, 1.54) is 16.2 Å². The lowest BCUT2D eigenvalue weighted by Crippen LogP contribution is -2.32. The van der Waals surface area contributed by atoms with E-state index in [0.717, 1.165) is 6.54 Å². The molecular weight excluding hydrogens is 274 g/mol. The summed E-state index contributed by atoms with van der Waals surface area (Å²) in [6.45, 7) is 9.54. The fourth-order valence-corrected chi connectivity index (χ4v) is 3.76. The number of benzene rings is 1. The van der Waals surface area contributed by atoms with Gasteiger partial charge in [0.2, 0.25) is 0 Å². The van der Waals surface area contributed by atoms with Crippen LogP contribution in [0, 0.1) is 17.3 Å². The molecule has 1 aromatic carbocycles. The summed E-state index contributed by atoms with van der Waals surface area (Å²) in [6.07, 6.45) is 4.07. The van der Waals surface area contributed by atoms with Gasteiger partial charge in [-0.2, -0.15) is 0 Å². The van der Waals surface area contributed by atoms with Crippen molar-refractivity contribution in [2.45, 2.75) is 44.6 Å². The first-order valence-corrected chi connectivity index (χ1v) is 8.59. The molecule has 0 fully saturated rings. The van der Waals surface area contributed by atoms with Crippen LogP contribution in [-0.2, 0) is 0 Å². The Morgan fingerprint density at radius 1 is 1.38 bits per heavy atom. The molecule has 0 radical (unpaired) electrons. The molecular formula is C19H25NS. The Morgan fingerprint density at radius 2 is 2.14 bits per heavy atom. The number of hydrogen-bond acceptors (Lipinski definition) is 2. The molecule has 2 heteroatoms. The second-order valence-corrected chi connectivity index (χ2v) is 7.64. The van der Waals surface area contributed by atoms with E-state index in [1.54, 1.807) is 0 Å². The Hall–Kier alpha value is -1.17. The molecule has 1 heterocycles. The number of hydrogen-bond donors (Lipinski definition) is 1. The second-order valence-electron chi connectivity index (χ2n) is 6.57. The van der Waals surface area contributed by atoms with Gasteiger partial charge < -0.3 is 5.32 Å². The van der Waals surface area contributed by atoms with Gasteiger partial charge in [-0.05, 0) is 45.4 Å². The molecule has 0 saturated heterocycles. The van der Waals surface area contributed by atoms with Crippen LogP contribution in [0.25, 0.3) is 0 Å². The van der Waals surface area contributed by atoms with E-state index in [-0.39, 0.29) is 5.41 Å². The van der Waals surface area contributed by atoms with Crippen LogP contribution >= 0.6 is 11.8 Å². The molecule has 0 saturated carbocycles. The minimum absolute atomic E-state index is 0.0792. The van der Waals surface area contributed by atoms with Gasteiger partial charge in [-0.15, -0.1) is 11.8 Å². The molecule has 1 aliphatic heterocycles. The summed E-state index contributed by atoms with van der Waals surface area (Å²) in [5.74, 6) is 8.11. The van der Waals surface area contributed by atoms with Crippen LogP contribution in [-0.4, -0.2) is 18.3 Å². The van der Waals surface area contributed by atoms with Crippen molar-refractivity contribution in [1.29, 1.82) is 0 Å². The number of fused-ring (bicyclic) bond motifs is 1. The molecule has 1 aromatic rings. The lowest BCUT2D eigenvalue weighted by atomic mass is 9.94. The van der Waals surface area contributed by atoms with Crippen LogP contribution in [0.15, 0.2) is 41.3 Å². The standard InChI is InChI=1S/C19H25NS/c1-15(20-13-9-5-8-12-19(2,3)4)17-14-21-18-11-7-6-10-16(17)18/h5-7,9-11,15,17,20H,13-14H2,1-4H3/b9-5-/t15-,17?/m1/s1. The molecule has 0 bridgehead atoms. The molecule has 1 N–H and O–H groups in total. The predicted molar refractivity (Wildman–Crippen MR) is 93.7 cm³/mol. The lowest BCUT2D eigenvalue weighted by molar-refractivity contribution is 0.511. The van der Waals surface area contributed by atoms with Gasteiger partial charge in [0.1, 0.15) is 0 Å². The third-order valence-corrected chi connectivity index (χ3v) is 4.76. The Morgan fingerprint density at radius 3 is 2.90 bits per heavy atom. The molecule has 0 spiro atoms. The van der Waals surface area contributed by atoms with Crippen molar-refractivity contribution in [1.82, 2.24) is 5.32 Å². The van der Waals surface area contributed by atoms with Crippen LogP contribution in [0.5, 0.6) is 0 Å². The van der Waals surface area contributed by atoms with Gasteiger partial charge in [-0.1, -0.05) is 36.1 Å². The highest BCUT2D eigenvalue weighted by molar-refractivity contribution is 7.99.